The summed E-state index contributed by atoms with van der Waals surface area (Å²) in [5.41, 5.74) is 0.321. The first-order chi connectivity index (χ1) is 12.0. The molecule has 0 bridgehead atoms. The van der Waals surface area contributed by atoms with Crippen molar-refractivity contribution < 1.29 is 4.79 Å². The maximum Gasteiger partial charge on any atom is 0.332 e. The Labute approximate surface area is 147 Å². The lowest BCUT2D eigenvalue weighted by Crippen LogP contribution is -2.39. The predicted molar refractivity (Wildman–Crippen MR) is 97.9 cm³/mol. The van der Waals surface area contributed by atoms with Gasteiger partial charge in [0.15, 0.2) is 11.2 Å². The molecule has 0 aliphatic heterocycles. The Morgan fingerprint density at radius 1 is 1.08 bits per heavy atom. The maximum absolute atomic E-state index is 12.8. The van der Waals surface area contributed by atoms with Gasteiger partial charge in [0.25, 0.3) is 5.56 Å². The van der Waals surface area contributed by atoms with Gasteiger partial charge in [0.05, 0.1) is 6.33 Å². The quantitative estimate of drug-likeness (QED) is 0.617. The Morgan fingerprint density at radius 3 is 2.48 bits per heavy atom. The van der Waals surface area contributed by atoms with Crippen molar-refractivity contribution in [2.24, 2.45) is 7.05 Å². The minimum atomic E-state index is -0.309. The van der Waals surface area contributed by atoms with E-state index in [1.165, 1.54) is 9.13 Å². The lowest BCUT2D eigenvalue weighted by atomic mass is 10.2. The number of unbranched alkanes of at least 4 members (excludes halogenated alkanes) is 4. The molecule has 0 atom stereocenters. The molecular formula is C18H28N4O3. The van der Waals surface area contributed by atoms with E-state index in [1.54, 1.807) is 24.9 Å². The van der Waals surface area contributed by atoms with Crippen LogP contribution in [-0.2, 0) is 24.9 Å². The predicted octanol–water partition coefficient (Wildman–Crippen LogP) is 2.24. The van der Waals surface area contributed by atoms with E-state index >= 15 is 0 Å². The minimum absolute atomic E-state index is 0.173. The Hall–Kier alpha value is -2.18. The van der Waals surface area contributed by atoms with Crippen molar-refractivity contribution in [2.75, 3.05) is 0 Å². The van der Waals surface area contributed by atoms with Crippen molar-refractivity contribution in [3.63, 3.8) is 0 Å². The highest BCUT2D eigenvalue weighted by atomic mass is 16.2. The number of imidazole rings is 1. The molecule has 2 aromatic rings. The van der Waals surface area contributed by atoms with E-state index in [-0.39, 0.29) is 17.0 Å². The molecule has 138 valence electrons. The number of carbonyl (C=O) groups is 1. The number of carbonyl (C=O) groups excluding carboxylic acids is 1. The number of nitrogens with zero attached hydrogens (tertiary/aromatic N) is 4. The summed E-state index contributed by atoms with van der Waals surface area (Å²) in [7, 11) is 1.65. The molecule has 2 rings (SSSR count). The molecule has 7 nitrogen and oxygen atoms in total. The molecule has 0 unspecified atom stereocenters. The van der Waals surface area contributed by atoms with E-state index in [0.29, 0.717) is 30.7 Å². The van der Waals surface area contributed by atoms with Gasteiger partial charge in [-0.3, -0.25) is 13.9 Å². The third kappa shape index (κ3) is 4.46. The van der Waals surface area contributed by atoms with Crippen LogP contribution in [0.25, 0.3) is 11.2 Å². The van der Waals surface area contributed by atoms with Crippen LogP contribution in [0, 0.1) is 0 Å². The lowest BCUT2D eigenvalue weighted by molar-refractivity contribution is -0.117. The molecule has 0 saturated heterocycles. The van der Waals surface area contributed by atoms with Gasteiger partial charge >= 0.3 is 5.69 Å². The van der Waals surface area contributed by atoms with Crippen LogP contribution in [0.1, 0.15) is 58.8 Å². The molecule has 2 aromatic heterocycles. The van der Waals surface area contributed by atoms with E-state index in [2.05, 4.69) is 11.9 Å². The fourth-order valence-electron chi connectivity index (χ4n) is 3.04. The Kier molecular flexibility index (Phi) is 6.73. The summed E-state index contributed by atoms with van der Waals surface area (Å²) < 4.78 is 4.58. The van der Waals surface area contributed by atoms with Crippen molar-refractivity contribution in [3.05, 3.63) is 27.2 Å². The molecule has 0 aromatic carbocycles. The summed E-state index contributed by atoms with van der Waals surface area (Å²) in [4.78, 5) is 40.6. The average molecular weight is 348 g/mol. The topological polar surface area (TPSA) is 78.9 Å². The van der Waals surface area contributed by atoms with Gasteiger partial charge in [-0.2, -0.15) is 0 Å². The number of Topliss-reactive ketones (excluding diaryl/α,β-unsaturated/α-hetero) is 1. The molecule has 0 N–H and O–H groups in total. The molecule has 2 heterocycles. The molecule has 0 aliphatic carbocycles. The smallest absolute Gasteiger partial charge is 0.325 e. The molecule has 7 heteroatoms. The highest BCUT2D eigenvalue weighted by Gasteiger charge is 2.15. The van der Waals surface area contributed by atoms with Crippen molar-refractivity contribution in [3.8, 4) is 0 Å². The van der Waals surface area contributed by atoms with Crippen molar-refractivity contribution in [1.29, 1.82) is 0 Å². The molecule has 0 amide bonds. The summed E-state index contributed by atoms with van der Waals surface area (Å²) >= 11 is 0. The van der Waals surface area contributed by atoms with Crippen molar-refractivity contribution in [2.45, 2.75) is 71.9 Å². The molecule has 0 spiro atoms. The number of aryl methyl sites for hydroxylation is 2. The van der Waals surface area contributed by atoms with Gasteiger partial charge in [0.2, 0.25) is 0 Å². The first-order valence-corrected chi connectivity index (χ1v) is 9.11. The lowest BCUT2D eigenvalue weighted by Gasteiger charge is -2.09. The second-order valence-corrected chi connectivity index (χ2v) is 6.63. The number of fused-ring (bicyclic) bond motifs is 1. The van der Waals surface area contributed by atoms with Crippen LogP contribution in [-0.4, -0.2) is 24.5 Å². The van der Waals surface area contributed by atoms with Crippen LogP contribution in [0.3, 0.4) is 0 Å². The molecule has 0 aliphatic rings. The van der Waals surface area contributed by atoms with E-state index in [9.17, 15) is 14.4 Å². The standard InChI is InChI=1S/C18H28N4O3/c1-4-5-6-8-12-22-17(24)15-16(20(3)18(22)25)19-13-21(15)11-9-7-10-14(2)23/h13H,4-12H2,1-3H3. The molecule has 0 fully saturated rings. The van der Waals surface area contributed by atoms with E-state index < -0.39 is 0 Å². The number of hydrogen-bond donors (Lipinski definition) is 0. The van der Waals surface area contributed by atoms with Crippen LogP contribution >= 0.6 is 0 Å². The zero-order chi connectivity index (χ0) is 18.4. The first kappa shape index (κ1) is 19.1. The molecule has 0 saturated carbocycles. The summed E-state index contributed by atoms with van der Waals surface area (Å²) in [5.74, 6) is 0.173. The minimum Gasteiger partial charge on any atom is -0.325 e. The van der Waals surface area contributed by atoms with Gasteiger partial charge in [-0.05, 0) is 26.2 Å². The Balaban J connectivity index is 2.27. The van der Waals surface area contributed by atoms with Crippen LogP contribution in [0.2, 0.25) is 0 Å². The average Bonchev–Trinajstić information content (AvgIpc) is 3.00. The van der Waals surface area contributed by atoms with Gasteiger partial charge < -0.3 is 9.36 Å². The monoisotopic (exact) mass is 348 g/mol. The van der Waals surface area contributed by atoms with Gasteiger partial charge in [-0.15, -0.1) is 0 Å². The third-order valence-electron chi connectivity index (χ3n) is 4.51. The van der Waals surface area contributed by atoms with Gasteiger partial charge in [-0.1, -0.05) is 26.2 Å². The number of hydrogen-bond acceptors (Lipinski definition) is 4. The number of aromatic nitrogens is 4. The van der Waals surface area contributed by atoms with E-state index in [1.807, 2.05) is 0 Å². The fourth-order valence-corrected chi connectivity index (χ4v) is 3.04. The third-order valence-corrected chi connectivity index (χ3v) is 4.51. The van der Waals surface area contributed by atoms with Crippen molar-refractivity contribution in [1.82, 2.24) is 18.7 Å². The SMILES string of the molecule is CCCCCCn1c(=O)c2c(ncn2CCCCC(C)=O)n(C)c1=O. The highest BCUT2D eigenvalue weighted by molar-refractivity contribution is 5.75. The highest BCUT2D eigenvalue weighted by Crippen LogP contribution is 2.09. The molecule has 0 radical (unpaired) electrons. The van der Waals surface area contributed by atoms with Crippen LogP contribution in [0.5, 0.6) is 0 Å². The van der Waals surface area contributed by atoms with Gasteiger partial charge in [-0.25, -0.2) is 9.78 Å². The Morgan fingerprint density at radius 2 is 1.80 bits per heavy atom. The molecular weight excluding hydrogens is 320 g/mol. The van der Waals surface area contributed by atoms with Gasteiger partial charge in [0.1, 0.15) is 5.78 Å². The number of rotatable bonds is 10. The van der Waals surface area contributed by atoms with Gasteiger partial charge in [0, 0.05) is 26.6 Å². The maximum atomic E-state index is 12.8. The second-order valence-electron chi connectivity index (χ2n) is 6.63. The largest absolute Gasteiger partial charge is 0.332 e. The van der Waals surface area contributed by atoms with Crippen LogP contribution in [0.15, 0.2) is 15.9 Å². The summed E-state index contributed by atoms with van der Waals surface area (Å²) in [6.07, 6.45) is 7.78. The summed E-state index contributed by atoms with van der Waals surface area (Å²) in [6, 6.07) is 0. The molecule has 25 heavy (non-hydrogen) atoms. The second kappa shape index (κ2) is 8.78. The van der Waals surface area contributed by atoms with E-state index in [0.717, 1.165) is 38.5 Å². The van der Waals surface area contributed by atoms with Crippen molar-refractivity contribution >= 4 is 16.9 Å². The van der Waals surface area contributed by atoms with Crippen LogP contribution < -0.4 is 11.2 Å². The van der Waals surface area contributed by atoms with Crippen LogP contribution in [0.4, 0.5) is 0 Å². The zero-order valence-electron chi connectivity index (χ0n) is 15.5. The number of ketones is 1. The zero-order valence-corrected chi connectivity index (χ0v) is 15.5. The Bertz CT molecular complexity index is 844. The van der Waals surface area contributed by atoms with E-state index in [4.69, 9.17) is 0 Å². The normalized spacial score (nSPS) is 11.3. The fraction of sp³-hybridized carbons (Fsp3) is 0.667. The first-order valence-electron chi connectivity index (χ1n) is 9.11. The summed E-state index contributed by atoms with van der Waals surface area (Å²) in [5, 5.41) is 0. The summed E-state index contributed by atoms with van der Waals surface area (Å²) in [6.45, 7) is 4.77.